The number of carbonyl (C=O) groups is 1. The monoisotopic (exact) mass is 213 g/mol. The van der Waals surface area contributed by atoms with Crippen molar-refractivity contribution in [1.82, 2.24) is 15.1 Å². The Morgan fingerprint density at radius 1 is 1.60 bits per heavy atom. The van der Waals surface area contributed by atoms with Gasteiger partial charge < -0.3 is 5.32 Å². The predicted molar refractivity (Wildman–Crippen MR) is 55.1 cm³/mol. The summed E-state index contributed by atoms with van der Waals surface area (Å²) < 4.78 is 15.0. The van der Waals surface area contributed by atoms with Gasteiger partial charge in [-0.05, 0) is 12.8 Å². The highest BCUT2D eigenvalue weighted by Gasteiger charge is 2.18. The molecule has 1 rings (SSSR count). The van der Waals surface area contributed by atoms with Gasteiger partial charge in [0.25, 0.3) is 0 Å². The van der Waals surface area contributed by atoms with Crippen LogP contribution in [0.3, 0.4) is 0 Å². The molecule has 0 spiro atoms. The minimum Gasteiger partial charge on any atom is -0.358 e. The number of nitrogens with zero attached hydrogens (tertiary/aromatic N) is 2. The van der Waals surface area contributed by atoms with Crippen molar-refractivity contribution in [2.75, 3.05) is 7.05 Å². The summed E-state index contributed by atoms with van der Waals surface area (Å²) in [7, 11) is 1.55. The Labute approximate surface area is 88.5 Å². The molecule has 0 unspecified atom stereocenters. The number of aromatic nitrogens is 2. The van der Waals surface area contributed by atoms with Crippen molar-refractivity contribution in [3.05, 3.63) is 17.2 Å². The number of carbonyl (C=O) groups excluding carboxylic acids is 1. The lowest BCUT2D eigenvalue weighted by molar-refractivity contribution is -0.121. The molecule has 0 aromatic carbocycles. The molecule has 0 aliphatic rings. The summed E-state index contributed by atoms with van der Waals surface area (Å²) in [4.78, 5) is 11.2. The summed E-state index contributed by atoms with van der Waals surface area (Å²) in [5, 5.41) is 6.49. The van der Waals surface area contributed by atoms with Crippen LogP contribution in [-0.4, -0.2) is 22.7 Å². The number of hydrogen-bond acceptors (Lipinski definition) is 2. The number of likely N-dealkylation sites (N-methyl/N-ethyl adjacent to an activating group) is 1. The summed E-state index contributed by atoms with van der Waals surface area (Å²) >= 11 is 0. The maximum absolute atomic E-state index is 13.6. The third-order valence-electron chi connectivity index (χ3n) is 2.21. The van der Waals surface area contributed by atoms with Crippen LogP contribution in [0.4, 0.5) is 4.39 Å². The van der Waals surface area contributed by atoms with Gasteiger partial charge in [-0.2, -0.15) is 5.10 Å². The molecule has 5 heteroatoms. The van der Waals surface area contributed by atoms with Gasteiger partial charge in [-0.15, -0.1) is 0 Å². The molecule has 1 heterocycles. The molecule has 0 fully saturated rings. The number of rotatable bonds is 3. The molecule has 0 atom stereocenters. The molecule has 0 saturated carbocycles. The Balaban J connectivity index is 3.06. The average molecular weight is 213 g/mol. The second-order valence-electron chi connectivity index (χ2n) is 3.77. The SMILES string of the molecule is CNC(=O)Cn1nc(C)c(F)c1C(C)C. The summed E-state index contributed by atoms with van der Waals surface area (Å²) in [5.74, 6) is -0.482. The van der Waals surface area contributed by atoms with Crippen LogP contribution in [0.1, 0.15) is 31.2 Å². The van der Waals surface area contributed by atoms with E-state index in [1.54, 1.807) is 14.0 Å². The number of nitrogens with one attached hydrogen (secondary N) is 1. The van der Waals surface area contributed by atoms with Gasteiger partial charge in [0.1, 0.15) is 6.54 Å². The minimum atomic E-state index is -0.311. The van der Waals surface area contributed by atoms with Gasteiger partial charge in [0, 0.05) is 7.05 Å². The van der Waals surface area contributed by atoms with Gasteiger partial charge >= 0.3 is 0 Å². The van der Waals surface area contributed by atoms with Crippen LogP contribution in [0.5, 0.6) is 0 Å². The zero-order chi connectivity index (χ0) is 11.6. The zero-order valence-electron chi connectivity index (χ0n) is 9.47. The molecule has 1 aromatic rings. The molecule has 15 heavy (non-hydrogen) atoms. The van der Waals surface area contributed by atoms with Crippen LogP contribution in [0.15, 0.2) is 0 Å². The number of aryl methyl sites for hydroxylation is 1. The second kappa shape index (κ2) is 4.42. The third kappa shape index (κ3) is 2.34. The van der Waals surface area contributed by atoms with Crippen LogP contribution in [-0.2, 0) is 11.3 Å². The van der Waals surface area contributed by atoms with Crippen molar-refractivity contribution in [1.29, 1.82) is 0 Å². The third-order valence-corrected chi connectivity index (χ3v) is 2.21. The molecule has 84 valence electrons. The molecule has 0 bridgehead atoms. The summed E-state index contributed by atoms with van der Waals surface area (Å²) in [6.07, 6.45) is 0. The van der Waals surface area contributed by atoms with Crippen molar-refractivity contribution in [2.45, 2.75) is 33.2 Å². The Kier molecular flexibility index (Phi) is 3.44. The molecule has 1 aromatic heterocycles. The van der Waals surface area contributed by atoms with E-state index in [0.29, 0.717) is 11.4 Å². The second-order valence-corrected chi connectivity index (χ2v) is 3.77. The first kappa shape index (κ1) is 11.7. The van der Waals surface area contributed by atoms with Gasteiger partial charge in [0.05, 0.1) is 11.4 Å². The summed E-state index contributed by atoms with van der Waals surface area (Å²) in [5.41, 5.74) is 0.818. The zero-order valence-corrected chi connectivity index (χ0v) is 9.47. The average Bonchev–Trinajstić information content (AvgIpc) is 2.42. The fourth-order valence-corrected chi connectivity index (χ4v) is 1.46. The Morgan fingerprint density at radius 2 is 2.20 bits per heavy atom. The fraction of sp³-hybridized carbons (Fsp3) is 0.600. The predicted octanol–water partition coefficient (Wildman–Crippen LogP) is 1.20. The minimum absolute atomic E-state index is 0.0101. The van der Waals surface area contributed by atoms with Gasteiger partial charge in [-0.1, -0.05) is 13.8 Å². The van der Waals surface area contributed by atoms with E-state index in [0.717, 1.165) is 0 Å². The van der Waals surface area contributed by atoms with E-state index in [1.165, 1.54) is 4.68 Å². The molecular weight excluding hydrogens is 197 g/mol. The number of amides is 1. The van der Waals surface area contributed by atoms with Gasteiger partial charge in [0.2, 0.25) is 5.91 Å². The quantitative estimate of drug-likeness (QED) is 0.820. The maximum Gasteiger partial charge on any atom is 0.241 e. The van der Waals surface area contributed by atoms with Crippen LogP contribution >= 0.6 is 0 Å². The molecule has 0 radical (unpaired) electrons. The molecule has 0 aliphatic carbocycles. The van der Waals surface area contributed by atoms with Crippen LogP contribution in [0.25, 0.3) is 0 Å². The first-order valence-corrected chi connectivity index (χ1v) is 4.90. The van der Waals surface area contributed by atoms with Crippen molar-refractivity contribution in [3.8, 4) is 0 Å². The van der Waals surface area contributed by atoms with E-state index in [9.17, 15) is 9.18 Å². The first-order chi connectivity index (χ1) is 6.97. The van der Waals surface area contributed by atoms with E-state index in [1.807, 2.05) is 13.8 Å². The van der Waals surface area contributed by atoms with Crippen molar-refractivity contribution >= 4 is 5.91 Å². The Hall–Kier alpha value is -1.39. The highest BCUT2D eigenvalue weighted by atomic mass is 19.1. The van der Waals surface area contributed by atoms with E-state index in [-0.39, 0.29) is 24.2 Å². The highest BCUT2D eigenvalue weighted by molar-refractivity contribution is 5.75. The van der Waals surface area contributed by atoms with Crippen LogP contribution < -0.4 is 5.32 Å². The Bertz CT molecular complexity index is 371. The molecule has 0 saturated heterocycles. The van der Waals surface area contributed by atoms with Gasteiger partial charge in [-0.3, -0.25) is 9.48 Å². The van der Waals surface area contributed by atoms with E-state index < -0.39 is 0 Å². The molecule has 4 nitrogen and oxygen atoms in total. The largest absolute Gasteiger partial charge is 0.358 e. The van der Waals surface area contributed by atoms with E-state index >= 15 is 0 Å². The lowest BCUT2D eigenvalue weighted by Gasteiger charge is -2.08. The summed E-state index contributed by atoms with van der Waals surface area (Å²) in [6.45, 7) is 5.41. The maximum atomic E-state index is 13.6. The highest BCUT2D eigenvalue weighted by Crippen LogP contribution is 2.20. The van der Waals surface area contributed by atoms with Crippen LogP contribution in [0, 0.1) is 12.7 Å². The number of halogens is 1. The topological polar surface area (TPSA) is 46.9 Å². The van der Waals surface area contributed by atoms with E-state index in [4.69, 9.17) is 0 Å². The first-order valence-electron chi connectivity index (χ1n) is 4.90. The molecular formula is C10H16FN3O. The molecule has 1 N–H and O–H groups in total. The summed E-state index contributed by atoms with van der Waals surface area (Å²) in [6, 6.07) is 0. The standard InChI is InChI=1S/C10H16FN3O/c1-6(2)10-9(11)7(3)13-14(10)5-8(15)12-4/h6H,5H2,1-4H3,(H,12,15). The van der Waals surface area contributed by atoms with Crippen molar-refractivity contribution < 1.29 is 9.18 Å². The Morgan fingerprint density at radius 3 is 2.67 bits per heavy atom. The van der Waals surface area contributed by atoms with Crippen molar-refractivity contribution in [3.63, 3.8) is 0 Å². The molecule has 0 aliphatic heterocycles. The van der Waals surface area contributed by atoms with Gasteiger partial charge in [0.15, 0.2) is 5.82 Å². The lowest BCUT2D eigenvalue weighted by Crippen LogP contribution is -2.25. The van der Waals surface area contributed by atoms with Crippen molar-refractivity contribution in [2.24, 2.45) is 0 Å². The molecule has 1 amide bonds. The smallest absolute Gasteiger partial charge is 0.241 e. The fourth-order valence-electron chi connectivity index (χ4n) is 1.46. The normalized spacial score (nSPS) is 10.8. The van der Waals surface area contributed by atoms with E-state index in [2.05, 4.69) is 10.4 Å². The van der Waals surface area contributed by atoms with Gasteiger partial charge in [-0.25, -0.2) is 4.39 Å². The van der Waals surface area contributed by atoms with Crippen LogP contribution in [0.2, 0.25) is 0 Å². The number of hydrogen-bond donors (Lipinski definition) is 1. The lowest BCUT2D eigenvalue weighted by atomic mass is 10.1.